The maximum absolute atomic E-state index is 12.2. The molecule has 0 aliphatic rings. The molecule has 0 saturated heterocycles. The lowest BCUT2D eigenvalue weighted by molar-refractivity contribution is -0.137. The van der Waals surface area contributed by atoms with E-state index in [4.69, 9.17) is 5.11 Å². The Kier molecular flexibility index (Phi) is 4.36. The number of carbonyl (C=O) groups is 2. The number of aryl methyl sites for hydroxylation is 3. The van der Waals surface area contributed by atoms with Gasteiger partial charge in [-0.05, 0) is 19.9 Å². The van der Waals surface area contributed by atoms with Gasteiger partial charge in [0, 0.05) is 24.5 Å². The van der Waals surface area contributed by atoms with E-state index < -0.39 is 5.97 Å². The van der Waals surface area contributed by atoms with E-state index in [1.807, 2.05) is 13.8 Å². The Hall–Kier alpha value is -2.64. The molecular formula is C13H17N5O3. The lowest BCUT2D eigenvalue weighted by atomic mass is 10.3. The van der Waals surface area contributed by atoms with Crippen molar-refractivity contribution >= 4 is 17.7 Å². The molecule has 0 aliphatic carbocycles. The number of rotatable bonds is 6. The first kappa shape index (κ1) is 14.8. The number of aliphatic carboxylic acids is 1. The molecule has 0 bridgehead atoms. The summed E-state index contributed by atoms with van der Waals surface area (Å²) in [5.41, 5.74) is 1.26. The van der Waals surface area contributed by atoms with Crippen molar-refractivity contribution in [3.63, 3.8) is 0 Å². The van der Waals surface area contributed by atoms with E-state index in [-0.39, 0.29) is 18.9 Å². The molecule has 0 unspecified atom stereocenters. The van der Waals surface area contributed by atoms with Gasteiger partial charge in [-0.25, -0.2) is 0 Å². The Balaban J connectivity index is 2.09. The van der Waals surface area contributed by atoms with E-state index >= 15 is 0 Å². The minimum absolute atomic E-state index is 0.0917. The number of anilines is 1. The van der Waals surface area contributed by atoms with Gasteiger partial charge < -0.3 is 10.4 Å². The molecule has 1 amide bonds. The third kappa shape index (κ3) is 3.47. The predicted molar refractivity (Wildman–Crippen MR) is 75.1 cm³/mol. The average Bonchev–Trinajstić information content (AvgIpc) is 3.02. The molecule has 2 aromatic heterocycles. The molecule has 0 aliphatic heterocycles. The van der Waals surface area contributed by atoms with Crippen molar-refractivity contribution in [2.75, 3.05) is 5.32 Å². The molecule has 2 rings (SSSR count). The van der Waals surface area contributed by atoms with Gasteiger partial charge in [0.2, 0.25) is 0 Å². The second kappa shape index (κ2) is 6.21. The maximum Gasteiger partial charge on any atom is 0.305 e. The third-order valence-corrected chi connectivity index (χ3v) is 3.01. The van der Waals surface area contributed by atoms with Crippen molar-refractivity contribution in [2.45, 2.75) is 33.4 Å². The summed E-state index contributed by atoms with van der Waals surface area (Å²) in [4.78, 5) is 22.8. The van der Waals surface area contributed by atoms with E-state index in [0.29, 0.717) is 11.5 Å². The first-order valence-electron chi connectivity index (χ1n) is 6.60. The van der Waals surface area contributed by atoms with Crippen molar-refractivity contribution in [3.8, 4) is 0 Å². The Bertz CT molecular complexity index is 659. The van der Waals surface area contributed by atoms with Gasteiger partial charge in [0.05, 0.1) is 13.0 Å². The summed E-state index contributed by atoms with van der Waals surface area (Å²) in [7, 11) is 0. The predicted octanol–water partition coefficient (Wildman–Crippen LogP) is 1.13. The van der Waals surface area contributed by atoms with Crippen LogP contribution in [0.15, 0.2) is 18.3 Å². The first-order chi connectivity index (χ1) is 10.0. The quantitative estimate of drug-likeness (QED) is 0.830. The molecule has 8 heteroatoms. The van der Waals surface area contributed by atoms with Crippen LogP contribution in [0.2, 0.25) is 0 Å². The summed E-state index contributed by atoms with van der Waals surface area (Å²) in [6, 6.07) is 3.32. The molecule has 2 heterocycles. The van der Waals surface area contributed by atoms with Gasteiger partial charge in [0.15, 0.2) is 5.82 Å². The monoisotopic (exact) mass is 291 g/mol. The number of nitrogens with zero attached hydrogens (tertiary/aromatic N) is 4. The average molecular weight is 291 g/mol. The van der Waals surface area contributed by atoms with Crippen LogP contribution in [0, 0.1) is 6.92 Å². The van der Waals surface area contributed by atoms with Gasteiger partial charge >= 0.3 is 5.97 Å². The minimum atomic E-state index is -0.936. The van der Waals surface area contributed by atoms with Gasteiger partial charge in [0.25, 0.3) is 5.91 Å². The Morgan fingerprint density at radius 1 is 1.38 bits per heavy atom. The van der Waals surface area contributed by atoms with E-state index in [0.717, 1.165) is 12.2 Å². The second-order valence-corrected chi connectivity index (χ2v) is 4.52. The van der Waals surface area contributed by atoms with Gasteiger partial charge in [-0.15, -0.1) is 0 Å². The number of hydrogen-bond acceptors (Lipinski definition) is 4. The van der Waals surface area contributed by atoms with Crippen molar-refractivity contribution in [1.82, 2.24) is 19.6 Å². The van der Waals surface area contributed by atoms with Crippen molar-refractivity contribution in [2.24, 2.45) is 0 Å². The van der Waals surface area contributed by atoms with Crippen LogP contribution in [0.25, 0.3) is 0 Å². The van der Waals surface area contributed by atoms with Crippen LogP contribution in [0.4, 0.5) is 5.82 Å². The summed E-state index contributed by atoms with van der Waals surface area (Å²) in [6.45, 7) is 4.74. The molecule has 0 radical (unpaired) electrons. The summed E-state index contributed by atoms with van der Waals surface area (Å²) in [5, 5.41) is 19.6. The minimum Gasteiger partial charge on any atom is -0.481 e. The van der Waals surface area contributed by atoms with Crippen LogP contribution in [0.3, 0.4) is 0 Å². The molecule has 112 valence electrons. The zero-order valence-corrected chi connectivity index (χ0v) is 11.9. The molecular weight excluding hydrogens is 274 g/mol. The normalized spacial score (nSPS) is 10.6. The van der Waals surface area contributed by atoms with Crippen LogP contribution in [0.5, 0.6) is 0 Å². The molecule has 0 aromatic carbocycles. The zero-order valence-electron chi connectivity index (χ0n) is 11.9. The van der Waals surface area contributed by atoms with Crippen LogP contribution >= 0.6 is 0 Å². The van der Waals surface area contributed by atoms with Crippen molar-refractivity contribution in [3.05, 3.63) is 29.7 Å². The molecule has 0 saturated carbocycles. The van der Waals surface area contributed by atoms with Crippen molar-refractivity contribution < 1.29 is 14.7 Å². The largest absolute Gasteiger partial charge is 0.481 e. The Morgan fingerprint density at radius 2 is 2.14 bits per heavy atom. The molecule has 0 atom stereocenters. The number of carboxylic acid groups (broad SMARTS) is 1. The number of carbonyl (C=O) groups excluding carboxylic acids is 1. The smallest absolute Gasteiger partial charge is 0.305 e. The molecule has 21 heavy (non-hydrogen) atoms. The number of aromatic nitrogens is 4. The summed E-state index contributed by atoms with van der Waals surface area (Å²) >= 11 is 0. The van der Waals surface area contributed by atoms with Crippen LogP contribution in [0.1, 0.15) is 29.5 Å². The number of hydrogen-bond donors (Lipinski definition) is 2. The fraction of sp³-hybridized carbons (Fsp3) is 0.385. The van der Waals surface area contributed by atoms with Gasteiger partial charge in [-0.1, -0.05) is 0 Å². The van der Waals surface area contributed by atoms with Crippen molar-refractivity contribution in [1.29, 1.82) is 0 Å². The molecule has 0 spiro atoms. The van der Waals surface area contributed by atoms with Crippen LogP contribution < -0.4 is 5.32 Å². The van der Waals surface area contributed by atoms with Crippen LogP contribution in [-0.2, 0) is 17.9 Å². The molecule has 0 fully saturated rings. The Labute approximate surface area is 121 Å². The first-order valence-corrected chi connectivity index (χ1v) is 6.60. The highest BCUT2D eigenvalue weighted by molar-refractivity contribution is 6.02. The third-order valence-electron chi connectivity index (χ3n) is 3.01. The second-order valence-electron chi connectivity index (χ2n) is 4.52. The van der Waals surface area contributed by atoms with Gasteiger partial charge in [0.1, 0.15) is 5.69 Å². The van der Waals surface area contributed by atoms with E-state index in [2.05, 4.69) is 15.5 Å². The van der Waals surface area contributed by atoms with Crippen LogP contribution in [-0.4, -0.2) is 36.5 Å². The number of carboxylic acids is 1. The van der Waals surface area contributed by atoms with Gasteiger partial charge in [-0.2, -0.15) is 10.2 Å². The summed E-state index contributed by atoms with van der Waals surface area (Å²) < 4.78 is 3.14. The van der Waals surface area contributed by atoms with Gasteiger partial charge in [-0.3, -0.25) is 19.0 Å². The lowest BCUT2D eigenvalue weighted by Gasteiger charge is -2.05. The SMILES string of the molecule is CCn1nc(NC(=O)c2ccnn2CCC(=O)O)cc1C. The fourth-order valence-corrected chi connectivity index (χ4v) is 1.98. The highest BCUT2D eigenvalue weighted by atomic mass is 16.4. The lowest BCUT2D eigenvalue weighted by Crippen LogP contribution is -2.19. The fourth-order valence-electron chi connectivity index (χ4n) is 1.98. The standard InChI is InChI=1S/C13H17N5O3/c1-3-17-9(2)8-11(16-17)15-13(21)10-4-6-14-18(10)7-5-12(19)20/h4,6,8H,3,5,7H2,1-2H3,(H,19,20)(H,15,16,21). The Morgan fingerprint density at radius 3 is 2.76 bits per heavy atom. The highest BCUT2D eigenvalue weighted by Crippen LogP contribution is 2.10. The number of amides is 1. The zero-order chi connectivity index (χ0) is 15.4. The highest BCUT2D eigenvalue weighted by Gasteiger charge is 2.14. The molecule has 8 nitrogen and oxygen atoms in total. The summed E-state index contributed by atoms with van der Waals surface area (Å²) in [5.74, 6) is -0.835. The maximum atomic E-state index is 12.2. The number of nitrogens with one attached hydrogen (secondary N) is 1. The van der Waals surface area contributed by atoms with E-state index in [9.17, 15) is 9.59 Å². The van der Waals surface area contributed by atoms with E-state index in [1.54, 1.807) is 16.8 Å². The van der Waals surface area contributed by atoms with E-state index in [1.165, 1.54) is 10.9 Å². The summed E-state index contributed by atoms with van der Waals surface area (Å²) in [6.07, 6.45) is 1.37. The molecule has 2 N–H and O–H groups in total. The topological polar surface area (TPSA) is 102 Å². The molecule has 2 aromatic rings.